The molecule has 4 heterocycles. The number of ether oxygens (including phenoxy) is 1. The maximum absolute atomic E-state index is 15.1. The van der Waals surface area contributed by atoms with Crippen LogP contribution < -0.4 is 11.1 Å². The van der Waals surface area contributed by atoms with Crippen LogP contribution in [0, 0.1) is 29.4 Å². The Bertz CT molecular complexity index is 1380. The normalized spacial score (nSPS) is 31.5. The van der Waals surface area contributed by atoms with Gasteiger partial charge in [-0.05, 0) is 61.4 Å². The lowest BCUT2D eigenvalue weighted by atomic mass is 9.65. The molecule has 2 fully saturated rings. The zero-order valence-corrected chi connectivity index (χ0v) is 21.4. The first-order valence-corrected chi connectivity index (χ1v) is 13.1. The first-order chi connectivity index (χ1) is 18.2. The van der Waals surface area contributed by atoms with Gasteiger partial charge in [-0.25, -0.2) is 13.8 Å². The molecule has 0 spiro atoms. The van der Waals surface area contributed by atoms with Crippen LogP contribution in [0.25, 0.3) is 16.8 Å². The van der Waals surface area contributed by atoms with Crippen LogP contribution in [0.3, 0.4) is 0 Å². The summed E-state index contributed by atoms with van der Waals surface area (Å²) in [6.45, 7) is 4.79. The molecule has 2 aromatic heterocycles. The molecule has 2 aliphatic heterocycles. The summed E-state index contributed by atoms with van der Waals surface area (Å²) in [7, 11) is 0. The van der Waals surface area contributed by atoms with Gasteiger partial charge in [0.25, 0.3) is 0 Å². The number of benzene rings is 1. The second kappa shape index (κ2) is 9.52. The quantitative estimate of drug-likeness (QED) is 0.469. The van der Waals surface area contributed by atoms with Crippen LogP contribution in [-0.4, -0.2) is 56.8 Å². The molecule has 1 saturated heterocycles. The van der Waals surface area contributed by atoms with Crippen molar-refractivity contribution < 1.29 is 18.6 Å². The minimum Gasteiger partial charge on any atom is -0.388 e. The summed E-state index contributed by atoms with van der Waals surface area (Å²) < 4.78 is 36.9. The minimum absolute atomic E-state index is 0.0138. The predicted molar refractivity (Wildman–Crippen MR) is 141 cm³/mol. The molecule has 6 rings (SSSR count). The van der Waals surface area contributed by atoms with Crippen molar-refractivity contribution in [3.63, 3.8) is 0 Å². The summed E-state index contributed by atoms with van der Waals surface area (Å²) >= 11 is 0. The molecule has 0 bridgehead atoms. The fraction of sp³-hybridized carbons (Fsp3) is 0.464. The third kappa shape index (κ3) is 4.30. The highest BCUT2D eigenvalue weighted by atomic mass is 19.1. The van der Waals surface area contributed by atoms with E-state index in [4.69, 9.17) is 10.5 Å². The Morgan fingerprint density at radius 3 is 2.63 bits per heavy atom. The van der Waals surface area contributed by atoms with Gasteiger partial charge < -0.3 is 20.9 Å². The molecule has 1 aliphatic carbocycles. The zero-order chi connectivity index (χ0) is 26.6. The van der Waals surface area contributed by atoms with Crippen LogP contribution in [0.5, 0.6) is 0 Å². The Morgan fingerprint density at radius 1 is 1.18 bits per heavy atom. The Balaban J connectivity index is 1.28. The molecule has 38 heavy (non-hydrogen) atoms. The smallest absolute Gasteiger partial charge is 0.225 e. The first kappa shape index (κ1) is 25.1. The average molecular weight is 523 g/mol. The highest BCUT2D eigenvalue weighted by Gasteiger charge is 2.45. The number of aliphatic hydroxyl groups is 1. The third-order valence-electron chi connectivity index (χ3n) is 8.67. The van der Waals surface area contributed by atoms with E-state index in [0.717, 1.165) is 6.42 Å². The number of anilines is 1. The van der Waals surface area contributed by atoms with Crippen LogP contribution in [0.1, 0.15) is 38.2 Å². The van der Waals surface area contributed by atoms with E-state index in [9.17, 15) is 5.11 Å². The van der Waals surface area contributed by atoms with E-state index >= 15 is 8.78 Å². The third-order valence-corrected chi connectivity index (χ3v) is 8.67. The van der Waals surface area contributed by atoms with E-state index in [0.29, 0.717) is 36.7 Å². The van der Waals surface area contributed by atoms with Crippen molar-refractivity contribution in [1.82, 2.24) is 14.6 Å². The fourth-order valence-corrected chi connectivity index (χ4v) is 5.89. The number of nitrogens with two attached hydrogens (primary N) is 1. The van der Waals surface area contributed by atoms with Crippen molar-refractivity contribution in [2.75, 3.05) is 18.5 Å². The highest BCUT2D eigenvalue weighted by Crippen LogP contribution is 2.41. The topological polar surface area (TPSA) is 110 Å². The average Bonchev–Trinajstić information content (AvgIpc) is 3.23. The molecule has 4 N–H and O–H groups in total. The number of aliphatic imine (C=N–C) groups is 1. The van der Waals surface area contributed by atoms with Gasteiger partial charge >= 0.3 is 0 Å². The molecule has 3 aliphatic rings. The van der Waals surface area contributed by atoms with Gasteiger partial charge in [0.05, 0.1) is 47.8 Å². The van der Waals surface area contributed by atoms with Crippen molar-refractivity contribution >= 4 is 17.7 Å². The molecule has 3 aromatic rings. The molecule has 200 valence electrons. The van der Waals surface area contributed by atoms with Crippen LogP contribution in [-0.2, 0) is 4.74 Å². The second-order valence-corrected chi connectivity index (χ2v) is 11.1. The molecule has 0 amide bonds. The van der Waals surface area contributed by atoms with Gasteiger partial charge in [0, 0.05) is 30.3 Å². The van der Waals surface area contributed by atoms with Gasteiger partial charge in [0.15, 0.2) is 0 Å². The number of rotatable bonds is 5. The van der Waals surface area contributed by atoms with Crippen molar-refractivity contribution in [3.8, 4) is 11.3 Å². The van der Waals surface area contributed by atoms with Gasteiger partial charge in [-0.3, -0.25) is 4.99 Å². The van der Waals surface area contributed by atoms with E-state index < -0.39 is 17.2 Å². The van der Waals surface area contributed by atoms with E-state index in [1.165, 1.54) is 12.1 Å². The molecule has 2 unspecified atom stereocenters. The lowest BCUT2D eigenvalue weighted by molar-refractivity contribution is -0.0608. The minimum atomic E-state index is -0.903. The Morgan fingerprint density at radius 2 is 1.95 bits per heavy atom. The lowest BCUT2D eigenvalue weighted by Crippen LogP contribution is -2.56. The number of hydrogen-bond donors (Lipinski definition) is 3. The van der Waals surface area contributed by atoms with E-state index in [2.05, 4.69) is 26.5 Å². The van der Waals surface area contributed by atoms with E-state index in [1.807, 2.05) is 20.1 Å². The Kier molecular flexibility index (Phi) is 6.28. The second-order valence-electron chi connectivity index (χ2n) is 11.1. The molecule has 1 saturated carbocycles. The van der Waals surface area contributed by atoms with Crippen molar-refractivity contribution in [2.24, 2.45) is 28.5 Å². The van der Waals surface area contributed by atoms with Crippen molar-refractivity contribution in [2.45, 2.75) is 50.3 Å². The maximum atomic E-state index is 15.1. The van der Waals surface area contributed by atoms with E-state index in [1.54, 1.807) is 29.0 Å². The van der Waals surface area contributed by atoms with Crippen LogP contribution in [0.2, 0.25) is 0 Å². The molecular formula is C28H32F2N6O2. The molecule has 1 aromatic carbocycles. The first-order valence-electron chi connectivity index (χ1n) is 13.1. The predicted octanol–water partition coefficient (Wildman–Crippen LogP) is 3.91. The monoisotopic (exact) mass is 522 g/mol. The highest BCUT2D eigenvalue weighted by molar-refractivity contribution is 5.72. The summed E-state index contributed by atoms with van der Waals surface area (Å²) in [5, 5.41) is 18.8. The number of nitrogens with one attached hydrogen (secondary N) is 1. The summed E-state index contributed by atoms with van der Waals surface area (Å²) in [6.07, 6.45) is 8.86. The number of nitrogens with zero attached hydrogens (tertiary/aromatic N) is 4. The number of aromatic nitrogens is 3. The molecule has 10 heteroatoms. The summed E-state index contributed by atoms with van der Waals surface area (Å²) in [5.74, 6) is -0.492. The van der Waals surface area contributed by atoms with Crippen LogP contribution in [0.15, 0.2) is 47.7 Å². The van der Waals surface area contributed by atoms with Crippen molar-refractivity contribution in [1.29, 1.82) is 0 Å². The van der Waals surface area contributed by atoms with Gasteiger partial charge in [-0.1, -0.05) is 13.0 Å². The lowest BCUT2D eigenvalue weighted by Gasteiger charge is -2.46. The van der Waals surface area contributed by atoms with Gasteiger partial charge in [-0.2, -0.15) is 9.61 Å². The Labute approximate surface area is 219 Å². The zero-order valence-electron chi connectivity index (χ0n) is 21.4. The van der Waals surface area contributed by atoms with Gasteiger partial charge in [0.1, 0.15) is 11.6 Å². The fourth-order valence-electron chi connectivity index (χ4n) is 5.89. The summed E-state index contributed by atoms with van der Waals surface area (Å²) in [4.78, 5) is 8.83. The van der Waals surface area contributed by atoms with Gasteiger partial charge in [0.2, 0.25) is 5.95 Å². The van der Waals surface area contributed by atoms with Crippen molar-refractivity contribution in [3.05, 3.63) is 59.9 Å². The number of hydrogen-bond acceptors (Lipinski definition) is 7. The summed E-state index contributed by atoms with van der Waals surface area (Å²) in [5.41, 5.74) is 6.74. The SMILES string of the molecule is C[C@H]1C[C@@H](C2C=CN=CC2Nc2ncc3ccc(-c4c(F)cc(C5COC5)cc4F)nn23)C[C@@H](N)[C@]1(C)O. The molecule has 6 atom stereocenters. The number of imidazole rings is 1. The molecule has 8 nitrogen and oxygen atoms in total. The van der Waals surface area contributed by atoms with E-state index in [-0.39, 0.29) is 47.0 Å². The number of halogens is 2. The van der Waals surface area contributed by atoms with Crippen LogP contribution in [0.4, 0.5) is 14.7 Å². The Hall–Kier alpha value is -3.21. The summed E-state index contributed by atoms with van der Waals surface area (Å²) in [6, 6.07) is 5.55. The standard InChI is InChI=1S/C28H32F2N6O2/c1-15-7-17(10-25(31)28(15,2)37)20-5-6-32-12-24(20)34-27-33-11-19-3-4-23(35-36(19)27)26-21(29)8-16(9-22(26)30)18-13-38-14-18/h3-6,8-9,11-12,15,17-18,20,24-25,37H,7,10,13-14,31H2,1-2H3,(H,33,34)/t15-,17+,20?,24?,25+,28+/m0/s1. The van der Waals surface area contributed by atoms with Crippen LogP contribution >= 0.6 is 0 Å². The maximum Gasteiger partial charge on any atom is 0.225 e. The largest absolute Gasteiger partial charge is 0.388 e. The molecular weight excluding hydrogens is 490 g/mol. The van der Waals surface area contributed by atoms with Gasteiger partial charge in [-0.15, -0.1) is 0 Å². The number of fused-ring (bicyclic) bond motifs is 1. The molecule has 0 radical (unpaired) electrons.